The summed E-state index contributed by atoms with van der Waals surface area (Å²) in [6, 6.07) is 0. The van der Waals surface area contributed by atoms with E-state index in [9.17, 15) is 18.0 Å². The molecule has 0 bridgehead atoms. The Balaban J connectivity index is 3.44. The maximum absolute atomic E-state index is 12.6. The molecule has 0 aliphatic carbocycles. The van der Waals surface area contributed by atoms with Crippen molar-refractivity contribution in [1.82, 2.24) is 15.3 Å². The van der Waals surface area contributed by atoms with Crippen molar-refractivity contribution in [3.63, 3.8) is 0 Å². The first-order valence-corrected chi connectivity index (χ1v) is 5.78. The quantitative estimate of drug-likeness (QED) is 0.644. The minimum Gasteiger partial charge on any atom is -0.398 e. The summed E-state index contributed by atoms with van der Waals surface area (Å²) in [6.07, 6.45) is -2.84. The fourth-order valence-corrected chi connectivity index (χ4v) is 1.26. The summed E-state index contributed by atoms with van der Waals surface area (Å²) in [6.45, 7) is 1.48. The van der Waals surface area contributed by atoms with Gasteiger partial charge in [-0.05, 0) is 6.92 Å². The van der Waals surface area contributed by atoms with Crippen molar-refractivity contribution in [3.8, 4) is 5.88 Å². The van der Waals surface area contributed by atoms with Crippen LogP contribution in [0.5, 0.6) is 5.88 Å². The summed E-state index contributed by atoms with van der Waals surface area (Å²) < 4.78 is 37.9. The van der Waals surface area contributed by atoms with Crippen molar-refractivity contribution in [1.29, 1.82) is 0 Å². The van der Waals surface area contributed by atoms with Gasteiger partial charge in [0.1, 0.15) is 7.11 Å². The predicted molar refractivity (Wildman–Crippen MR) is 69.4 cm³/mol. The van der Waals surface area contributed by atoms with Gasteiger partial charge >= 0.3 is 6.18 Å². The Bertz CT molecular complexity index is 601. The number of amides is 1. The third-order valence-electron chi connectivity index (χ3n) is 2.13. The number of nitrogens with one attached hydrogen (secondary N) is 1. The lowest BCUT2D eigenvalue weighted by molar-refractivity contribution is -0.145. The number of rotatable bonds is 5. The van der Waals surface area contributed by atoms with Crippen molar-refractivity contribution in [3.05, 3.63) is 17.6 Å². The summed E-state index contributed by atoms with van der Waals surface area (Å²) in [5.74, 6) is -2.75. The van der Waals surface area contributed by atoms with E-state index in [1.54, 1.807) is 0 Å². The van der Waals surface area contributed by atoms with Gasteiger partial charge in [-0.1, -0.05) is 10.3 Å². The Morgan fingerprint density at radius 1 is 1.45 bits per heavy atom. The van der Waals surface area contributed by atoms with Crippen LogP contribution in [0.15, 0.2) is 16.5 Å². The molecule has 0 aromatic carbocycles. The largest absolute Gasteiger partial charge is 0.451 e. The first-order chi connectivity index (χ1) is 10.3. The third-order valence-corrected chi connectivity index (χ3v) is 2.13. The number of nitrogens with zero attached hydrogens (tertiary/aromatic N) is 4. The van der Waals surface area contributed by atoms with Crippen LogP contribution in [-0.2, 0) is 15.8 Å². The molecule has 0 atom stereocenters. The van der Waals surface area contributed by atoms with Crippen LogP contribution < -0.4 is 10.2 Å². The molecular weight excluding hydrogens is 307 g/mol. The number of carbonyl (C=O) groups is 1. The van der Waals surface area contributed by atoms with Gasteiger partial charge in [0.05, 0.1) is 5.56 Å². The molecule has 1 rings (SSSR count). The number of hydrogen-bond donors (Lipinski definition) is 1. The van der Waals surface area contributed by atoms with Gasteiger partial charge < -0.3 is 15.0 Å². The molecule has 0 spiro atoms. The Morgan fingerprint density at radius 2 is 2.14 bits per heavy atom. The highest BCUT2D eigenvalue weighted by Crippen LogP contribution is 2.28. The van der Waals surface area contributed by atoms with Crippen LogP contribution in [0.4, 0.5) is 13.2 Å². The Labute approximate surface area is 123 Å². The zero-order valence-corrected chi connectivity index (χ0v) is 11.8. The number of oxime groups is 2. The SMILES string of the molecule is CC=NOc1nc(C(F)(F)F)ncc1/C(=N\OC)C(=O)NC. The molecule has 11 heteroatoms. The zero-order chi connectivity index (χ0) is 16.8. The molecule has 0 radical (unpaired) electrons. The molecule has 8 nitrogen and oxygen atoms in total. The van der Waals surface area contributed by atoms with E-state index in [2.05, 4.69) is 30.4 Å². The van der Waals surface area contributed by atoms with Gasteiger partial charge in [0.15, 0.2) is 5.71 Å². The van der Waals surface area contributed by atoms with E-state index in [1.165, 1.54) is 27.3 Å². The van der Waals surface area contributed by atoms with Crippen LogP contribution in [-0.4, -0.2) is 42.0 Å². The average Bonchev–Trinajstić information content (AvgIpc) is 2.48. The van der Waals surface area contributed by atoms with E-state index in [1.807, 2.05) is 0 Å². The van der Waals surface area contributed by atoms with Gasteiger partial charge in [-0.2, -0.15) is 18.2 Å². The number of hydrogen-bond acceptors (Lipinski definition) is 7. The number of carbonyl (C=O) groups excluding carboxylic acids is 1. The van der Waals surface area contributed by atoms with Crippen molar-refractivity contribution in [2.45, 2.75) is 13.1 Å². The van der Waals surface area contributed by atoms with E-state index >= 15 is 0 Å². The van der Waals surface area contributed by atoms with Gasteiger partial charge in [0.25, 0.3) is 11.8 Å². The molecule has 22 heavy (non-hydrogen) atoms. The van der Waals surface area contributed by atoms with Gasteiger partial charge in [0, 0.05) is 19.5 Å². The molecule has 1 amide bonds. The zero-order valence-electron chi connectivity index (χ0n) is 11.8. The fourth-order valence-electron chi connectivity index (χ4n) is 1.26. The van der Waals surface area contributed by atoms with Crippen molar-refractivity contribution < 1.29 is 27.6 Å². The highest BCUT2D eigenvalue weighted by molar-refractivity contribution is 6.45. The first kappa shape index (κ1) is 17.3. The minimum absolute atomic E-state index is 0.209. The molecule has 0 unspecified atom stereocenters. The molecule has 0 aliphatic heterocycles. The average molecular weight is 319 g/mol. The standard InChI is InChI=1S/C11H12F3N5O3/c1-4-17-22-9-6(7(19-21-3)8(20)15-2)5-16-10(18-9)11(12,13)14/h4-5H,1-3H3,(H,15,20)/b17-4?,19-7+. The van der Waals surface area contributed by atoms with E-state index in [0.29, 0.717) is 0 Å². The summed E-state index contributed by atoms with van der Waals surface area (Å²) in [5.41, 5.74) is -0.570. The van der Waals surface area contributed by atoms with Crippen LogP contribution in [0.25, 0.3) is 0 Å². The smallest absolute Gasteiger partial charge is 0.398 e. The maximum Gasteiger partial charge on any atom is 0.451 e. The topological polar surface area (TPSA) is 98.1 Å². The summed E-state index contributed by atoms with van der Waals surface area (Å²) in [7, 11) is 2.47. The lowest BCUT2D eigenvalue weighted by atomic mass is 10.2. The summed E-state index contributed by atoms with van der Waals surface area (Å²) in [5, 5.41) is 9.04. The van der Waals surface area contributed by atoms with Crippen molar-refractivity contribution in [2.75, 3.05) is 14.2 Å². The highest BCUT2D eigenvalue weighted by atomic mass is 19.4. The van der Waals surface area contributed by atoms with E-state index < -0.39 is 23.8 Å². The van der Waals surface area contributed by atoms with Crippen molar-refractivity contribution >= 4 is 17.8 Å². The van der Waals surface area contributed by atoms with Crippen LogP contribution in [0.3, 0.4) is 0 Å². The van der Waals surface area contributed by atoms with Crippen LogP contribution in [0.2, 0.25) is 0 Å². The van der Waals surface area contributed by atoms with Crippen molar-refractivity contribution in [2.24, 2.45) is 10.3 Å². The Hall–Kier alpha value is -2.72. The van der Waals surface area contributed by atoms with Gasteiger partial charge in [-0.3, -0.25) is 4.79 Å². The number of halogens is 3. The normalized spacial score (nSPS) is 12.4. The molecule has 1 aromatic heterocycles. The number of alkyl halides is 3. The van der Waals surface area contributed by atoms with E-state index in [-0.39, 0.29) is 11.3 Å². The molecule has 0 saturated heterocycles. The van der Waals surface area contributed by atoms with Gasteiger partial charge in [-0.25, -0.2) is 4.98 Å². The molecule has 0 fully saturated rings. The molecule has 1 aromatic rings. The third kappa shape index (κ3) is 4.14. The molecule has 1 heterocycles. The number of aromatic nitrogens is 2. The first-order valence-electron chi connectivity index (χ1n) is 5.78. The second-order valence-electron chi connectivity index (χ2n) is 3.57. The predicted octanol–water partition coefficient (Wildman–Crippen LogP) is 0.976. The molecule has 0 saturated carbocycles. The lowest BCUT2D eigenvalue weighted by Gasteiger charge is -2.10. The van der Waals surface area contributed by atoms with Gasteiger partial charge in [-0.15, -0.1) is 0 Å². The molecular formula is C11H12F3N5O3. The fraction of sp³-hybridized carbons (Fsp3) is 0.364. The molecule has 120 valence electrons. The Morgan fingerprint density at radius 3 is 2.64 bits per heavy atom. The van der Waals surface area contributed by atoms with Crippen LogP contribution >= 0.6 is 0 Å². The van der Waals surface area contributed by atoms with E-state index in [4.69, 9.17) is 4.84 Å². The molecule has 0 aliphatic rings. The minimum atomic E-state index is -4.78. The van der Waals surface area contributed by atoms with Gasteiger partial charge in [0.2, 0.25) is 5.82 Å². The molecule has 1 N–H and O–H groups in total. The summed E-state index contributed by atoms with van der Waals surface area (Å²) in [4.78, 5) is 27.3. The van der Waals surface area contributed by atoms with E-state index in [0.717, 1.165) is 6.20 Å². The Kier molecular flexibility index (Phi) is 5.78. The van der Waals surface area contributed by atoms with Crippen LogP contribution in [0, 0.1) is 0 Å². The van der Waals surface area contributed by atoms with Crippen LogP contribution in [0.1, 0.15) is 18.3 Å². The number of likely N-dealkylation sites (N-methyl/N-ethyl adjacent to an activating group) is 1. The maximum atomic E-state index is 12.6. The second kappa shape index (κ2) is 7.33. The monoisotopic (exact) mass is 319 g/mol. The summed E-state index contributed by atoms with van der Waals surface area (Å²) >= 11 is 0. The second-order valence-corrected chi connectivity index (χ2v) is 3.57. The highest BCUT2D eigenvalue weighted by Gasteiger charge is 2.36. The lowest BCUT2D eigenvalue weighted by Crippen LogP contribution is -2.29.